The highest BCUT2D eigenvalue weighted by Gasteiger charge is 2.26. The van der Waals surface area contributed by atoms with Crippen molar-refractivity contribution in [2.75, 3.05) is 13.1 Å². The Labute approximate surface area is 166 Å². The number of carbonyl (C=O) groups excluding carboxylic acids is 2. The highest BCUT2D eigenvalue weighted by Crippen LogP contribution is 2.24. The molecule has 1 aliphatic rings. The van der Waals surface area contributed by atoms with Crippen LogP contribution in [0, 0.1) is 13.8 Å². The third-order valence-electron chi connectivity index (χ3n) is 5.34. The van der Waals surface area contributed by atoms with E-state index in [0.717, 1.165) is 24.0 Å². The molecule has 0 saturated carbocycles. The van der Waals surface area contributed by atoms with Crippen LogP contribution < -0.4 is 10.6 Å². The van der Waals surface area contributed by atoms with Gasteiger partial charge in [0.05, 0.1) is 6.04 Å². The molecule has 2 aromatic rings. The van der Waals surface area contributed by atoms with Crippen LogP contribution in [0.3, 0.4) is 0 Å². The van der Waals surface area contributed by atoms with Crippen LogP contribution in [0.15, 0.2) is 42.7 Å². The average molecular weight is 380 g/mol. The van der Waals surface area contributed by atoms with Gasteiger partial charge in [-0.1, -0.05) is 24.3 Å². The largest absolute Gasteiger partial charge is 0.353 e. The van der Waals surface area contributed by atoms with Crippen molar-refractivity contribution >= 4 is 11.9 Å². The van der Waals surface area contributed by atoms with E-state index < -0.39 is 0 Å². The molecule has 28 heavy (non-hydrogen) atoms. The van der Waals surface area contributed by atoms with Crippen LogP contribution in [-0.2, 0) is 4.79 Å². The first-order valence-electron chi connectivity index (χ1n) is 9.73. The van der Waals surface area contributed by atoms with Gasteiger partial charge >= 0.3 is 6.03 Å². The summed E-state index contributed by atoms with van der Waals surface area (Å²) in [6.45, 7) is 6.94. The molecule has 3 amide bonds. The summed E-state index contributed by atoms with van der Waals surface area (Å²) in [7, 11) is 0. The zero-order chi connectivity index (χ0) is 20.1. The Morgan fingerprint density at radius 2 is 1.86 bits per heavy atom. The fraction of sp³-hybridized carbons (Fsp3) is 0.409. The number of nitrogens with zero attached hydrogens (tertiary/aromatic N) is 2. The fourth-order valence-electron chi connectivity index (χ4n) is 3.58. The minimum absolute atomic E-state index is 0.0192. The Morgan fingerprint density at radius 3 is 2.46 bits per heavy atom. The molecule has 148 valence electrons. The number of hydrogen-bond acceptors (Lipinski definition) is 3. The lowest BCUT2D eigenvalue weighted by Crippen LogP contribution is -2.49. The number of rotatable bonds is 4. The number of nitrogens with one attached hydrogen (secondary N) is 2. The van der Waals surface area contributed by atoms with Crippen LogP contribution in [-0.4, -0.2) is 41.0 Å². The first-order valence-corrected chi connectivity index (χ1v) is 9.73. The molecule has 1 aromatic heterocycles. The monoisotopic (exact) mass is 380 g/mol. The number of benzene rings is 1. The van der Waals surface area contributed by atoms with Gasteiger partial charge in [-0.2, -0.15) is 0 Å². The molecule has 2 heterocycles. The highest BCUT2D eigenvalue weighted by atomic mass is 16.2. The third kappa shape index (κ3) is 4.88. The third-order valence-corrected chi connectivity index (χ3v) is 5.34. The molecule has 1 saturated heterocycles. The van der Waals surface area contributed by atoms with Gasteiger partial charge < -0.3 is 15.5 Å². The number of aryl methyl sites for hydroxylation is 2. The summed E-state index contributed by atoms with van der Waals surface area (Å²) >= 11 is 0. The first-order chi connectivity index (χ1) is 13.4. The Hall–Kier alpha value is -2.89. The Morgan fingerprint density at radius 1 is 1.11 bits per heavy atom. The number of carbonyl (C=O) groups is 2. The second kappa shape index (κ2) is 8.87. The maximum atomic E-state index is 12.9. The number of piperidine rings is 1. The van der Waals surface area contributed by atoms with Crippen molar-refractivity contribution in [3.05, 3.63) is 65.0 Å². The van der Waals surface area contributed by atoms with E-state index in [9.17, 15) is 9.59 Å². The molecule has 2 N–H and O–H groups in total. The van der Waals surface area contributed by atoms with E-state index in [-0.39, 0.29) is 24.0 Å². The van der Waals surface area contributed by atoms with Gasteiger partial charge in [-0.25, -0.2) is 4.79 Å². The minimum atomic E-state index is -0.256. The number of amides is 3. The van der Waals surface area contributed by atoms with Crippen molar-refractivity contribution < 1.29 is 9.59 Å². The van der Waals surface area contributed by atoms with Crippen LogP contribution in [0.2, 0.25) is 0 Å². The summed E-state index contributed by atoms with van der Waals surface area (Å²) in [5, 5.41) is 6.12. The van der Waals surface area contributed by atoms with Gasteiger partial charge in [-0.05, 0) is 55.0 Å². The van der Waals surface area contributed by atoms with E-state index in [1.807, 2.05) is 17.0 Å². The van der Waals surface area contributed by atoms with Crippen molar-refractivity contribution in [1.82, 2.24) is 20.5 Å². The number of urea groups is 1. The van der Waals surface area contributed by atoms with Crippen LogP contribution in [0.25, 0.3) is 0 Å². The number of hydrogen-bond donors (Lipinski definition) is 2. The molecule has 0 aliphatic carbocycles. The van der Waals surface area contributed by atoms with Crippen LogP contribution in [0.1, 0.15) is 48.1 Å². The standard InChI is InChI=1S/C22H28N4O2/c1-15-6-7-18(13-16(15)2)21(19-5-4-10-23-14-19)25-22(28)26-11-8-20(9-12-26)24-17(3)27/h4-7,10,13-14,20-21H,8-9,11-12H2,1-3H3,(H,24,27)(H,25,28)/t21-/m1/s1. The van der Waals surface area contributed by atoms with Gasteiger partial charge in [-0.15, -0.1) is 0 Å². The lowest BCUT2D eigenvalue weighted by Gasteiger charge is -2.33. The fourth-order valence-corrected chi connectivity index (χ4v) is 3.58. The smallest absolute Gasteiger partial charge is 0.318 e. The first kappa shape index (κ1) is 19.9. The van der Waals surface area contributed by atoms with E-state index in [1.54, 1.807) is 12.4 Å². The second-order valence-corrected chi connectivity index (χ2v) is 7.47. The van der Waals surface area contributed by atoms with Crippen molar-refractivity contribution in [2.45, 2.75) is 45.7 Å². The summed E-state index contributed by atoms with van der Waals surface area (Å²) in [4.78, 5) is 30.2. The molecular formula is C22H28N4O2. The van der Waals surface area contributed by atoms with Crippen LogP contribution in [0.5, 0.6) is 0 Å². The van der Waals surface area contributed by atoms with E-state index in [2.05, 4.69) is 47.7 Å². The van der Waals surface area contributed by atoms with E-state index in [1.165, 1.54) is 18.1 Å². The van der Waals surface area contributed by atoms with E-state index >= 15 is 0 Å². The summed E-state index contributed by atoms with van der Waals surface area (Å²) in [5.41, 5.74) is 4.40. The van der Waals surface area contributed by atoms with Gasteiger partial charge in [0.25, 0.3) is 0 Å². The normalized spacial score (nSPS) is 15.8. The van der Waals surface area contributed by atoms with Crippen LogP contribution >= 0.6 is 0 Å². The van der Waals surface area contributed by atoms with E-state index in [0.29, 0.717) is 13.1 Å². The van der Waals surface area contributed by atoms with Gasteiger partial charge in [0.2, 0.25) is 5.91 Å². The molecule has 6 nitrogen and oxygen atoms in total. The Kier molecular flexibility index (Phi) is 6.29. The molecule has 3 rings (SSSR count). The quantitative estimate of drug-likeness (QED) is 0.856. The van der Waals surface area contributed by atoms with Crippen molar-refractivity contribution in [2.24, 2.45) is 0 Å². The predicted octanol–water partition coefficient (Wildman–Crippen LogP) is 3.10. The minimum Gasteiger partial charge on any atom is -0.353 e. The van der Waals surface area contributed by atoms with Gasteiger partial charge in [0, 0.05) is 38.4 Å². The SMILES string of the molecule is CC(=O)NC1CCN(C(=O)N[C@@H](c2cccnc2)c2ccc(C)c(C)c2)CC1. The number of likely N-dealkylation sites (tertiary alicyclic amines) is 1. The molecule has 0 radical (unpaired) electrons. The maximum absolute atomic E-state index is 12.9. The highest BCUT2D eigenvalue weighted by molar-refractivity contribution is 5.76. The van der Waals surface area contributed by atoms with Crippen LogP contribution in [0.4, 0.5) is 4.79 Å². The van der Waals surface area contributed by atoms with Crippen molar-refractivity contribution in [3.8, 4) is 0 Å². The topological polar surface area (TPSA) is 74.3 Å². The lowest BCUT2D eigenvalue weighted by molar-refractivity contribution is -0.119. The molecule has 6 heteroatoms. The summed E-state index contributed by atoms with van der Waals surface area (Å²) in [5.74, 6) is -0.0192. The molecule has 0 unspecified atom stereocenters. The molecule has 0 bridgehead atoms. The summed E-state index contributed by atoms with van der Waals surface area (Å²) in [6, 6.07) is 9.93. The second-order valence-electron chi connectivity index (χ2n) is 7.47. The summed E-state index contributed by atoms with van der Waals surface area (Å²) in [6.07, 6.45) is 5.07. The number of aromatic nitrogens is 1. The van der Waals surface area contributed by atoms with Crippen molar-refractivity contribution in [1.29, 1.82) is 0 Å². The van der Waals surface area contributed by atoms with E-state index in [4.69, 9.17) is 0 Å². The molecule has 1 aromatic carbocycles. The zero-order valence-corrected chi connectivity index (χ0v) is 16.7. The van der Waals surface area contributed by atoms with Gasteiger partial charge in [0.1, 0.15) is 0 Å². The van der Waals surface area contributed by atoms with Crippen molar-refractivity contribution in [3.63, 3.8) is 0 Å². The predicted molar refractivity (Wildman–Crippen MR) is 109 cm³/mol. The molecule has 1 fully saturated rings. The number of pyridine rings is 1. The molecular weight excluding hydrogens is 352 g/mol. The maximum Gasteiger partial charge on any atom is 0.318 e. The average Bonchev–Trinajstić information content (AvgIpc) is 2.69. The van der Waals surface area contributed by atoms with Gasteiger partial charge in [0.15, 0.2) is 0 Å². The van der Waals surface area contributed by atoms with Gasteiger partial charge in [-0.3, -0.25) is 9.78 Å². The Balaban J connectivity index is 1.74. The summed E-state index contributed by atoms with van der Waals surface area (Å²) < 4.78 is 0. The lowest BCUT2D eigenvalue weighted by atomic mass is 9.96. The molecule has 0 spiro atoms. The Bertz CT molecular complexity index is 830. The molecule has 1 atom stereocenters. The zero-order valence-electron chi connectivity index (χ0n) is 16.7. The molecule has 1 aliphatic heterocycles.